The summed E-state index contributed by atoms with van der Waals surface area (Å²) in [5.41, 5.74) is 1.06. The number of rotatable bonds is 5. The van der Waals surface area contributed by atoms with Crippen molar-refractivity contribution in [3.63, 3.8) is 0 Å². The second-order valence-corrected chi connectivity index (χ2v) is 5.71. The molecule has 0 amide bonds. The van der Waals surface area contributed by atoms with Crippen molar-refractivity contribution in [2.24, 2.45) is 5.92 Å². The highest BCUT2D eigenvalue weighted by Gasteiger charge is 2.19. The minimum atomic E-state index is 0.598. The third-order valence-electron chi connectivity index (χ3n) is 3.58. The normalized spacial score (nSPS) is 18.7. The van der Waals surface area contributed by atoms with Crippen LogP contribution in [0.1, 0.15) is 38.1 Å². The lowest BCUT2D eigenvalue weighted by Crippen LogP contribution is -2.38. The van der Waals surface area contributed by atoms with Crippen molar-refractivity contribution >= 4 is 0 Å². The summed E-state index contributed by atoms with van der Waals surface area (Å²) < 4.78 is 5.11. The summed E-state index contributed by atoms with van der Waals surface area (Å²) in [6.45, 7) is 10.8. The van der Waals surface area contributed by atoms with Crippen molar-refractivity contribution in [3.8, 4) is 0 Å². The molecule has 0 aliphatic carbocycles. The van der Waals surface area contributed by atoms with E-state index in [1.165, 1.54) is 25.9 Å². The standard InChI is InChI=1S/C14H25N3O/c1-11(2)15-9-13-4-6-17(7-5-13)10-14-8-12(3)18-16-14/h8,11,13,15H,4-7,9-10H2,1-3H3. The maximum Gasteiger partial charge on any atom is 0.133 e. The Morgan fingerprint density at radius 3 is 2.72 bits per heavy atom. The third kappa shape index (κ3) is 4.10. The summed E-state index contributed by atoms with van der Waals surface area (Å²) in [7, 11) is 0. The van der Waals surface area contributed by atoms with Crippen LogP contribution in [-0.2, 0) is 6.54 Å². The van der Waals surface area contributed by atoms with Gasteiger partial charge < -0.3 is 9.84 Å². The fourth-order valence-electron chi connectivity index (χ4n) is 2.47. The molecule has 1 aromatic rings. The van der Waals surface area contributed by atoms with Gasteiger partial charge in [0.1, 0.15) is 5.76 Å². The summed E-state index contributed by atoms with van der Waals surface area (Å²) in [5.74, 6) is 1.74. The molecule has 1 aromatic heterocycles. The summed E-state index contributed by atoms with van der Waals surface area (Å²) in [6.07, 6.45) is 2.58. The van der Waals surface area contributed by atoms with E-state index in [0.29, 0.717) is 6.04 Å². The molecule has 0 saturated carbocycles. The number of aryl methyl sites for hydroxylation is 1. The van der Waals surface area contributed by atoms with Gasteiger partial charge in [-0.05, 0) is 45.3 Å². The van der Waals surface area contributed by atoms with Crippen LogP contribution in [0.3, 0.4) is 0 Å². The van der Waals surface area contributed by atoms with Gasteiger partial charge in [0, 0.05) is 18.7 Å². The van der Waals surface area contributed by atoms with Gasteiger partial charge in [0.15, 0.2) is 0 Å². The maximum atomic E-state index is 5.11. The highest BCUT2D eigenvalue weighted by atomic mass is 16.5. The quantitative estimate of drug-likeness (QED) is 0.871. The van der Waals surface area contributed by atoms with E-state index < -0.39 is 0 Å². The van der Waals surface area contributed by atoms with E-state index in [-0.39, 0.29) is 0 Å². The Labute approximate surface area is 110 Å². The number of aromatic nitrogens is 1. The number of hydrogen-bond acceptors (Lipinski definition) is 4. The number of piperidine rings is 1. The highest BCUT2D eigenvalue weighted by molar-refractivity contribution is 5.03. The molecule has 0 atom stereocenters. The van der Waals surface area contributed by atoms with Gasteiger partial charge in [-0.25, -0.2) is 0 Å². The van der Waals surface area contributed by atoms with Crippen LogP contribution in [0.15, 0.2) is 10.6 Å². The first kappa shape index (κ1) is 13.6. The van der Waals surface area contributed by atoms with E-state index in [1.54, 1.807) is 0 Å². The van der Waals surface area contributed by atoms with Gasteiger partial charge in [0.05, 0.1) is 5.69 Å². The molecule has 102 valence electrons. The Kier molecular flexibility index (Phi) is 4.78. The van der Waals surface area contributed by atoms with Crippen LogP contribution in [0.25, 0.3) is 0 Å². The Morgan fingerprint density at radius 1 is 1.44 bits per heavy atom. The number of nitrogens with zero attached hydrogens (tertiary/aromatic N) is 2. The van der Waals surface area contributed by atoms with Gasteiger partial charge in [-0.2, -0.15) is 0 Å². The van der Waals surface area contributed by atoms with E-state index in [1.807, 2.05) is 13.0 Å². The second kappa shape index (κ2) is 6.34. The lowest BCUT2D eigenvalue weighted by Gasteiger charge is -2.31. The Balaban J connectivity index is 1.70. The van der Waals surface area contributed by atoms with Crippen LogP contribution in [0.5, 0.6) is 0 Å². The molecule has 1 aliphatic heterocycles. The third-order valence-corrected chi connectivity index (χ3v) is 3.58. The predicted molar refractivity (Wildman–Crippen MR) is 72.4 cm³/mol. The molecule has 0 bridgehead atoms. The molecule has 2 rings (SSSR count). The zero-order valence-electron chi connectivity index (χ0n) is 11.8. The van der Waals surface area contributed by atoms with Gasteiger partial charge >= 0.3 is 0 Å². The molecular formula is C14H25N3O. The van der Waals surface area contributed by atoms with Gasteiger partial charge in [0.25, 0.3) is 0 Å². The lowest BCUT2D eigenvalue weighted by atomic mass is 9.96. The molecule has 1 aliphatic rings. The van der Waals surface area contributed by atoms with Crippen LogP contribution < -0.4 is 5.32 Å². The van der Waals surface area contributed by atoms with E-state index >= 15 is 0 Å². The van der Waals surface area contributed by atoms with Gasteiger partial charge in [-0.3, -0.25) is 4.90 Å². The van der Waals surface area contributed by atoms with Crippen molar-refractivity contribution in [3.05, 3.63) is 17.5 Å². The molecule has 18 heavy (non-hydrogen) atoms. The SMILES string of the molecule is Cc1cc(CN2CCC(CNC(C)C)CC2)no1. The first-order valence-electron chi connectivity index (χ1n) is 7.01. The van der Waals surface area contributed by atoms with Gasteiger partial charge in [-0.1, -0.05) is 19.0 Å². The molecular weight excluding hydrogens is 226 g/mol. The monoisotopic (exact) mass is 251 g/mol. The van der Waals surface area contributed by atoms with Gasteiger partial charge in [-0.15, -0.1) is 0 Å². The predicted octanol–water partition coefficient (Wildman–Crippen LogP) is 2.19. The van der Waals surface area contributed by atoms with E-state index in [9.17, 15) is 0 Å². The van der Waals surface area contributed by atoms with Crippen LogP contribution in [0.2, 0.25) is 0 Å². The molecule has 1 N–H and O–H groups in total. The summed E-state index contributed by atoms with van der Waals surface area (Å²) in [6, 6.07) is 2.63. The fraction of sp³-hybridized carbons (Fsp3) is 0.786. The maximum absolute atomic E-state index is 5.11. The van der Waals surface area contributed by atoms with Crippen molar-refractivity contribution in [1.82, 2.24) is 15.4 Å². The van der Waals surface area contributed by atoms with Crippen LogP contribution in [-0.4, -0.2) is 35.7 Å². The highest BCUT2D eigenvalue weighted by Crippen LogP contribution is 2.18. The molecule has 4 heteroatoms. The number of likely N-dealkylation sites (tertiary alicyclic amines) is 1. The summed E-state index contributed by atoms with van der Waals surface area (Å²) in [4.78, 5) is 2.48. The Bertz CT molecular complexity index is 354. The van der Waals surface area contributed by atoms with Gasteiger partial charge in [0.2, 0.25) is 0 Å². The molecule has 4 nitrogen and oxygen atoms in total. The zero-order valence-corrected chi connectivity index (χ0v) is 11.8. The van der Waals surface area contributed by atoms with E-state index in [0.717, 1.165) is 30.5 Å². The molecule has 2 heterocycles. The summed E-state index contributed by atoms with van der Waals surface area (Å²) >= 11 is 0. The zero-order chi connectivity index (χ0) is 13.0. The van der Waals surface area contributed by atoms with E-state index in [4.69, 9.17) is 4.52 Å². The topological polar surface area (TPSA) is 41.3 Å². The molecule has 0 spiro atoms. The van der Waals surface area contributed by atoms with Crippen molar-refractivity contribution in [1.29, 1.82) is 0 Å². The van der Waals surface area contributed by atoms with Crippen molar-refractivity contribution < 1.29 is 4.52 Å². The second-order valence-electron chi connectivity index (χ2n) is 5.71. The minimum absolute atomic E-state index is 0.598. The lowest BCUT2D eigenvalue weighted by molar-refractivity contribution is 0.170. The van der Waals surface area contributed by atoms with Crippen molar-refractivity contribution in [2.45, 2.75) is 46.2 Å². The van der Waals surface area contributed by atoms with Crippen molar-refractivity contribution in [2.75, 3.05) is 19.6 Å². The molecule has 1 saturated heterocycles. The Hall–Kier alpha value is -0.870. The van der Waals surface area contributed by atoms with E-state index in [2.05, 4.69) is 29.2 Å². The number of nitrogens with one attached hydrogen (secondary N) is 1. The first-order chi connectivity index (χ1) is 8.63. The molecule has 0 unspecified atom stereocenters. The van der Waals surface area contributed by atoms with Crippen LogP contribution >= 0.6 is 0 Å². The molecule has 0 radical (unpaired) electrons. The van der Waals surface area contributed by atoms with Crippen LogP contribution in [0.4, 0.5) is 0 Å². The summed E-state index contributed by atoms with van der Waals surface area (Å²) in [5, 5.41) is 7.60. The average molecular weight is 251 g/mol. The van der Waals surface area contributed by atoms with Crippen LogP contribution in [0, 0.1) is 12.8 Å². The average Bonchev–Trinajstić information content (AvgIpc) is 2.74. The molecule has 0 aromatic carbocycles. The Morgan fingerprint density at radius 2 is 2.17 bits per heavy atom. The first-order valence-corrected chi connectivity index (χ1v) is 7.01. The number of hydrogen-bond donors (Lipinski definition) is 1. The fourth-order valence-corrected chi connectivity index (χ4v) is 2.47. The largest absolute Gasteiger partial charge is 0.361 e. The smallest absolute Gasteiger partial charge is 0.133 e. The minimum Gasteiger partial charge on any atom is -0.361 e. The molecule has 1 fully saturated rings.